The molecule has 9 heteroatoms. The van der Waals surface area contributed by atoms with Crippen molar-refractivity contribution >= 4 is 39.4 Å². The lowest BCUT2D eigenvalue weighted by Crippen LogP contribution is -2.41. The van der Waals surface area contributed by atoms with E-state index in [4.69, 9.17) is 4.98 Å². The number of pyridine rings is 2. The van der Waals surface area contributed by atoms with Crippen LogP contribution in [0.1, 0.15) is 25.3 Å². The van der Waals surface area contributed by atoms with Gasteiger partial charge in [-0.25, -0.2) is 9.97 Å². The van der Waals surface area contributed by atoms with Gasteiger partial charge in [-0.15, -0.1) is 0 Å². The molecule has 2 aliphatic heterocycles. The van der Waals surface area contributed by atoms with Crippen LogP contribution in [0, 0.1) is 0 Å². The van der Waals surface area contributed by atoms with E-state index >= 15 is 0 Å². The van der Waals surface area contributed by atoms with E-state index in [0.29, 0.717) is 18.0 Å². The number of anilines is 3. The Labute approximate surface area is 192 Å². The Morgan fingerprint density at radius 3 is 2.67 bits per heavy atom. The summed E-state index contributed by atoms with van der Waals surface area (Å²) >= 11 is 0. The van der Waals surface area contributed by atoms with Crippen molar-refractivity contribution < 1.29 is 0 Å². The van der Waals surface area contributed by atoms with E-state index in [1.165, 1.54) is 0 Å². The number of piperidine rings is 1. The second-order valence-electron chi connectivity index (χ2n) is 8.92. The first kappa shape index (κ1) is 20.3. The molecule has 0 aliphatic carbocycles. The van der Waals surface area contributed by atoms with E-state index in [1.807, 2.05) is 44.0 Å². The summed E-state index contributed by atoms with van der Waals surface area (Å²) < 4.78 is 2.32. The number of nitrogens with one attached hydrogen (secondary N) is 3. The summed E-state index contributed by atoms with van der Waals surface area (Å²) in [6, 6.07) is 7.16. The van der Waals surface area contributed by atoms with Crippen LogP contribution in [0.25, 0.3) is 21.9 Å². The molecular formula is C24H29N9. The molecule has 6 rings (SSSR count). The molecule has 9 nitrogen and oxygen atoms in total. The molecular weight excluding hydrogens is 414 g/mol. The molecule has 2 saturated heterocycles. The predicted octanol–water partition coefficient (Wildman–Crippen LogP) is 2.84. The van der Waals surface area contributed by atoms with Crippen LogP contribution in [-0.2, 0) is 0 Å². The molecule has 4 aromatic rings. The Morgan fingerprint density at radius 1 is 1.00 bits per heavy atom. The average Bonchev–Trinajstić information content (AvgIpc) is 3.50. The van der Waals surface area contributed by atoms with Gasteiger partial charge in [-0.2, -0.15) is 4.98 Å². The second kappa shape index (κ2) is 8.57. The van der Waals surface area contributed by atoms with Crippen molar-refractivity contribution in [1.29, 1.82) is 0 Å². The third-order valence-corrected chi connectivity index (χ3v) is 7.00. The molecule has 1 unspecified atom stereocenters. The first-order chi connectivity index (χ1) is 16.3. The summed E-state index contributed by atoms with van der Waals surface area (Å²) in [7, 11) is 2.04. The lowest BCUT2D eigenvalue weighted by Gasteiger charge is -2.33. The fourth-order valence-corrected chi connectivity index (χ4v) is 5.14. The molecule has 33 heavy (non-hydrogen) atoms. The normalized spacial score (nSPS) is 19.5. The number of nitrogens with zero attached hydrogens (tertiary/aromatic N) is 6. The Balaban J connectivity index is 1.27. The van der Waals surface area contributed by atoms with Crippen molar-refractivity contribution in [3.8, 4) is 0 Å². The van der Waals surface area contributed by atoms with E-state index in [0.717, 1.165) is 78.9 Å². The maximum absolute atomic E-state index is 4.91. The molecule has 0 bridgehead atoms. The molecule has 0 saturated carbocycles. The van der Waals surface area contributed by atoms with E-state index in [9.17, 15) is 0 Å². The van der Waals surface area contributed by atoms with Gasteiger partial charge in [0.1, 0.15) is 11.5 Å². The van der Waals surface area contributed by atoms with Crippen LogP contribution in [-0.4, -0.2) is 63.8 Å². The van der Waals surface area contributed by atoms with Gasteiger partial charge in [-0.05, 0) is 51.1 Å². The maximum Gasteiger partial charge on any atom is 0.230 e. The van der Waals surface area contributed by atoms with Crippen LogP contribution in [0.4, 0.5) is 17.5 Å². The maximum atomic E-state index is 4.91. The SMILES string of the molecule is CNC1CCN(c2ccc(Nc3ncc4c5ccncc5n(C5CCNC5)c4n3)nc2)CC1. The van der Waals surface area contributed by atoms with Gasteiger partial charge in [0.05, 0.1) is 23.6 Å². The van der Waals surface area contributed by atoms with Crippen LogP contribution in [0.2, 0.25) is 0 Å². The molecule has 4 aromatic heterocycles. The lowest BCUT2D eigenvalue weighted by molar-refractivity contribution is 0.442. The molecule has 0 aromatic carbocycles. The first-order valence-electron chi connectivity index (χ1n) is 11.8. The van der Waals surface area contributed by atoms with Crippen LogP contribution in [0.15, 0.2) is 43.0 Å². The van der Waals surface area contributed by atoms with Crippen molar-refractivity contribution in [3.05, 3.63) is 43.0 Å². The number of rotatable bonds is 5. The van der Waals surface area contributed by atoms with Crippen molar-refractivity contribution in [2.75, 3.05) is 43.4 Å². The van der Waals surface area contributed by atoms with Crippen molar-refractivity contribution in [3.63, 3.8) is 0 Å². The fourth-order valence-electron chi connectivity index (χ4n) is 5.14. The molecule has 0 amide bonds. The Hall–Kier alpha value is -3.30. The molecule has 170 valence electrons. The zero-order valence-corrected chi connectivity index (χ0v) is 18.8. The molecule has 0 radical (unpaired) electrons. The monoisotopic (exact) mass is 443 g/mol. The van der Waals surface area contributed by atoms with Gasteiger partial charge in [-0.1, -0.05) is 0 Å². The molecule has 2 aliphatic rings. The summed E-state index contributed by atoms with van der Waals surface area (Å²) in [5, 5.41) is 12.3. The minimum absolute atomic E-state index is 0.362. The van der Waals surface area contributed by atoms with Crippen molar-refractivity contribution in [2.45, 2.75) is 31.3 Å². The Bertz CT molecular complexity index is 1250. The minimum Gasteiger partial charge on any atom is -0.370 e. The largest absolute Gasteiger partial charge is 0.370 e. The van der Waals surface area contributed by atoms with Crippen LogP contribution >= 0.6 is 0 Å². The summed E-state index contributed by atoms with van der Waals surface area (Å²) in [4.78, 5) is 20.9. The summed E-state index contributed by atoms with van der Waals surface area (Å²) in [6.07, 6.45) is 11.0. The summed E-state index contributed by atoms with van der Waals surface area (Å²) in [5.74, 6) is 1.30. The van der Waals surface area contributed by atoms with Gasteiger partial charge in [0.25, 0.3) is 0 Å². The highest BCUT2D eigenvalue weighted by molar-refractivity contribution is 6.06. The van der Waals surface area contributed by atoms with E-state index in [-0.39, 0.29) is 0 Å². The third kappa shape index (κ3) is 3.77. The van der Waals surface area contributed by atoms with Gasteiger partial charge in [0.2, 0.25) is 5.95 Å². The quantitative estimate of drug-likeness (QED) is 0.433. The van der Waals surface area contributed by atoms with E-state index < -0.39 is 0 Å². The van der Waals surface area contributed by atoms with Gasteiger partial charge in [0, 0.05) is 54.9 Å². The highest BCUT2D eigenvalue weighted by Crippen LogP contribution is 2.32. The Morgan fingerprint density at radius 2 is 1.91 bits per heavy atom. The zero-order chi connectivity index (χ0) is 22.2. The minimum atomic E-state index is 0.362. The van der Waals surface area contributed by atoms with Crippen molar-refractivity contribution in [2.24, 2.45) is 0 Å². The Kier molecular flexibility index (Phi) is 5.27. The third-order valence-electron chi connectivity index (χ3n) is 7.00. The fraction of sp³-hybridized carbons (Fsp3) is 0.417. The van der Waals surface area contributed by atoms with Crippen LogP contribution in [0.3, 0.4) is 0 Å². The lowest BCUT2D eigenvalue weighted by atomic mass is 10.1. The van der Waals surface area contributed by atoms with Gasteiger partial charge >= 0.3 is 0 Å². The zero-order valence-electron chi connectivity index (χ0n) is 18.8. The first-order valence-corrected chi connectivity index (χ1v) is 11.8. The summed E-state index contributed by atoms with van der Waals surface area (Å²) in [6.45, 7) is 4.06. The number of aromatic nitrogens is 5. The number of fused-ring (bicyclic) bond motifs is 3. The van der Waals surface area contributed by atoms with Crippen LogP contribution < -0.4 is 20.9 Å². The molecule has 0 spiro atoms. The number of hydrogen-bond donors (Lipinski definition) is 3. The van der Waals surface area contributed by atoms with Gasteiger partial charge in [0.15, 0.2) is 0 Å². The predicted molar refractivity (Wildman–Crippen MR) is 131 cm³/mol. The summed E-state index contributed by atoms with van der Waals surface area (Å²) in [5.41, 5.74) is 3.21. The highest BCUT2D eigenvalue weighted by atomic mass is 15.2. The highest BCUT2D eigenvalue weighted by Gasteiger charge is 2.23. The molecule has 3 N–H and O–H groups in total. The molecule has 6 heterocycles. The van der Waals surface area contributed by atoms with E-state index in [1.54, 1.807) is 0 Å². The molecule has 2 fully saturated rings. The standard InChI is InChI=1S/C24H29N9/c1-25-16-6-10-32(11-7-16)17-2-3-22(28-13-17)30-24-29-14-20-19-5-9-27-15-21(19)33(23(20)31-24)18-4-8-26-12-18/h2-3,5,9,13-16,18,25-26H,4,6-8,10-12H2,1H3,(H,28,29,30,31). The topological polar surface area (TPSA) is 95.8 Å². The van der Waals surface area contributed by atoms with E-state index in [2.05, 4.69) is 46.4 Å². The average molecular weight is 444 g/mol. The van der Waals surface area contributed by atoms with Gasteiger partial charge < -0.3 is 25.4 Å². The van der Waals surface area contributed by atoms with Crippen LogP contribution in [0.5, 0.6) is 0 Å². The number of hydrogen-bond acceptors (Lipinski definition) is 8. The van der Waals surface area contributed by atoms with Gasteiger partial charge in [-0.3, -0.25) is 4.98 Å². The van der Waals surface area contributed by atoms with Crippen molar-refractivity contribution in [1.82, 2.24) is 35.1 Å². The smallest absolute Gasteiger partial charge is 0.230 e. The molecule has 1 atom stereocenters. The second-order valence-corrected chi connectivity index (χ2v) is 8.92.